The zero-order chi connectivity index (χ0) is 24.2. The highest BCUT2D eigenvalue weighted by atomic mass is 32.2. The number of rotatable bonds is 8. The topological polar surface area (TPSA) is 69.5 Å². The van der Waals surface area contributed by atoms with E-state index in [0.717, 1.165) is 49.2 Å². The number of piperidine rings is 1. The molecule has 2 aromatic heterocycles. The summed E-state index contributed by atoms with van der Waals surface area (Å²) in [6.07, 6.45) is 8.12. The Bertz CT molecular complexity index is 1270. The molecule has 182 valence electrons. The van der Waals surface area contributed by atoms with Gasteiger partial charge in [0.2, 0.25) is 5.95 Å². The van der Waals surface area contributed by atoms with Crippen molar-refractivity contribution in [3.05, 3.63) is 72.6 Å². The Morgan fingerprint density at radius 3 is 2.60 bits per heavy atom. The van der Waals surface area contributed by atoms with Crippen molar-refractivity contribution < 1.29 is 5.11 Å². The zero-order valence-corrected chi connectivity index (χ0v) is 21.1. The van der Waals surface area contributed by atoms with Crippen LogP contribution in [0.4, 0.5) is 23.0 Å². The van der Waals surface area contributed by atoms with Crippen molar-refractivity contribution in [3.63, 3.8) is 0 Å². The van der Waals surface area contributed by atoms with Crippen LogP contribution >= 0.6 is 11.9 Å². The monoisotopic (exact) mass is 488 g/mol. The second-order valence-electron chi connectivity index (χ2n) is 9.01. The number of anilines is 4. The minimum atomic E-state index is 0.297. The number of aromatic nitrogens is 3. The molecule has 2 aromatic carbocycles. The average Bonchev–Trinajstić information content (AvgIpc) is 3.31. The van der Waals surface area contributed by atoms with Crippen LogP contribution in [0.25, 0.3) is 11.0 Å². The average molecular weight is 489 g/mol. The molecule has 0 saturated carbocycles. The van der Waals surface area contributed by atoms with Gasteiger partial charge in [-0.05, 0) is 60.7 Å². The smallest absolute Gasteiger partial charge is 0.229 e. The summed E-state index contributed by atoms with van der Waals surface area (Å²) >= 11 is 1.70. The molecule has 8 heteroatoms. The van der Waals surface area contributed by atoms with Crippen LogP contribution in [0.3, 0.4) is 0 Å². The van der Waals surface area contributed by atoms with Crippen molar-refractivity contribution in [2.24, 2.45) is 5.92 Å². The Hall–Kier alpha value is -3.23. The van der Waals surface area contributed by atoms with Gasteiger partial charge in [-0.25, -0.2) is 4.98 Å². The molecule has 0 spiro atoms. The van der Waals surface area contributed by atoms with Crippen LogP contribution in [-0.2, 0) is 6.54 Å². The molecule has 5 rings (SSSR count). The first kappa shape index (κ1) is 23.5. The lowest BCUT2D eigenvalue weighted by molar-refractivity contribution is 0.203. The maximum absolute atomic E-state index is 9.37. The first-order valence-corrected chi connectivity index (χ1v) is 13.2. The van der Waals surface area contributed by atoms with Gasteiger partial charge in [-0.1, -0.05) is 30.1 Å². The SMILES string of the molecule is CSN(C)c1ccccc1Cn1ccc2cnc(Nc3ccc(N4CCC(CO)CC4)cc3)nc21. The third-order valence-electron chi connectivity index (χ3n) is 6.81. The van der Waals surface area contributed by atoms with E-state index in [-0.39, 0.29) is 0 Å². The van der Waals surface area contributed by atoms with Gasteiger partial charge in [-0.15, -0.1) is 0 Å². The van der Waals surface area contributed by atoms with Gasteiger partial charge in [0.05, 0.1) is 12.2 Å². The highest BCUT2D eigenvalue weighted by Gasteiger charge is 2.18. The third kappa shape index (κ3) is 5.23. The minimum Gasteiger partial charge on any atom is -0.396 e. The Morgan fingerprint density at radius 2 is 1.86 bits per heavy atom. The van der Waals surface area contributed by atoms with Crippen molar-refractivity contribution in [3.8, 4) is 0 Å². The zero-order valence-electron chi connectivity index (χ0n) is 20.3. The lowest BCUT2D eigenvalue weighted by Gasteiger charge is -2.32. The lowest BCUT2D eigenvalue weighted by Crippen LogP contribution is -2.34. The number of nitrogens with one attached hydrogen (secondary N) is 1. The number of aliphatic hydroxyl groups is 1. The van der Waals surface area contributed by atoms with Crippen LogP contribution in [0.2, 0.25) is 0 Å². The van der Waals surface area contributed by atoms with Gasteiger partial charge in [0.25, 0.3) is 0 Å². The molecule has 0 radical (unpaired) electrons. The van der Waals surface area contributed by atoms with Crippen LogP contribution in [0.1, 0.15) is 18.4 Å². The van der Waals surface area contributed by atoms with Crippen molar-refractivity contribution in [1.29, 1.82) is 0 Å². The van der Waals surface area contributed by atoms with Gasteiger partial charge < -0.3 is 24.2 Å². The molecule has 0 bridgehead atoms. The molecule has 0 aliphatic carbocycles. The van der Waals surface area contributed by atoms with E-state index in [1.165, 1.54) is 16.9 Å². The Balaban J connectivity index is 1.31. The molecule has 0 atom stereocenters. The third-order valence-corrected chi connectivity index (χ3v) is 7.55. The number of hydrogen-bond acceptors (Lipinski definition) is 7. The molecular weight excluding hydrogens is 456 g/mol. The first-order valence-electron chi connectivity index (χ1n) is 12.0. The number of nitrogens with zero attached hydrogens (tertiary/aromatic N) is 5. The van der Waals surface area contributed by atoms with E-state index in [2.05, 4.69) is 98.2 Å². The molecular formula is C27H32N6OS. The fourth-order valence-corrected chi connectivity index (χ4v) is 5.03. The normalized spacial score (nSPS) is 14.4. The van der Waals surface area contributed by atoms with E-state index in [0.29, 0.717) is 18.5 Å². The molecule has 1 saturated heterocycles. The number of para-hydroxylation sites is 1. The standard InChI is InChI=1S/C27H32N6OS/c1-31(35-2)25-6-4-3-5-22(25)18-33-16-13-21-17-28-27(30-26(21)33)29-23-7-9-24(10-8-23)32-14-11-20(19-34)12-15-32/h3-10,13,16-17,20,34H,11-12,14-15,18-19H2,1-2H3,(H,28,29,30). The second kappa shape index (κ2) is 10.6. The van der Waals surface area contributed by atoms with E-state index >= 15 is 0 Å². The highest BCUT2D eigenvalue weighted by molar-refractivity contribution is 7.99. The molecule has 1 aliphatic heterocycles. The Kier molecular flexibility index (Phi) is 7.11. The highest BCUT2D eigenvalue weighted by Crippen LogP contribution is 2.27. The van der Waals surface area contributed by atoms with Crippen molar-refractivity contribution in [2.75, 3.05) is 47.5 Å². The number of fused-ring (bicyclic) bond motifs is 1. The maximum Gasteiger partial charge on any atom is 0.229 e. The molecule has 4 aromatic rings. The summed E-state index contributed by atoms with van der Waals surface area (Å²) in [6, 6.07) is 19.0. The molecule has 1 aliphatic rings. The summed E-state index contributed by atoms with van der Waals surface area (Å²) < 4.78 is 4.36. The maximum atomic E-state index is 9.37. The summed E-state index contributed by atoms with van der Waals surface area (Å²) in [5.41, 5.74) is 5.53. The fraction of sp³-hybridized carbons (Fsp3) is 0.333. The molecule has 0 unspecified atom stereocenters. The minimum absolute atomic E-state index is 0.297. The number of hydrogen-bond donors (Lipinski definition) is 2. The molecule has 1 fully saturated rings. The Morgan fingerprint density at radius 1 is 1.09 bits per heavy atom. The second-order valence-corrected chi connectivity index (χ2v) is 9.92. The summed E-state index contributed by atoms with van der Waals surface area (Å²) in [5, 5.41) is 13.8. The van der Waals surface area contributed by atoms with Crippen LogP contribution in [0, 0.1) is 5.92 Å². The van der Waals surface area contributed by atoms with Gasteiger partial charge in [0, 0.05) is 62.2 Å². The fourth-order valence-electron chi connectivity index (χ4n) is 4.65. The van der Waals surface area contributed by atoms with Crippen molar-refractivity contribution in [1.82, 2.24) is 14.5 Å². The molecule has 3 heterocycles. The van der Waals surface area contributed by atoms with E-state index in [1.807, 2.05) is 6.20 Å². The largest absolute Gasteiger partial charge is 0.396 e. The summed E-state index contributed by atoms with van der Waals surface area (Å²) in [7, 11) is 2.09. The Labute approximate surface area is 210 Å². The molecule has 2 N–H and O–H groups in total. The van der Waals surface area contributed by atoms with Gasteiger partial charge in [0.15, 0.2) is 0 Å². The molecule has 0 amide bonds. The first-order chi connectivity index (χ1) is 17.1. The van der Waals surface area contributed by atoms with Crippen molar-refractivity contribution >= 4 is 46.0 Å². The molecule has 7 nitrogen and oxygen atoms in total. The number of aliphatic hydroxyl groups excluding tert-OH is 1. The van der Waals surface area contributed by atoms with E-state index in [1.54, 1.807) is 11.9 Å². The predicted molar refractivity (Wildman–Crippen MR) is 147 cm³/mol. The van der Waals surface area contributed by atoms with Crippen LogP contribution < -0.4 is 14.5 Å². The summed E-state index contributed by atoms with van der Waals surface area (Å²) in [5.74, 6) is 1.03. The predicted octanol–water partition coefficient (Wildman–Crippen LogP) is 5.15. The van der Waals surface area contributed by atoms with Gasteiger partial charge >= 0.3 is 0 Å². The quantitative estimate of drug-likeness (QED) is 0.333. The van der Waals surface area contributed by atoms with Crippen LogP contribution in [0.15, 0.2) is 67.0 Å². The van der Waals surface area contributed by atoms with Crippen LogP contribution in [0.5, 0.6) is 0 Å². The van der Waals surface area contributed by atoms with E-state index in [4.69, 9.17) is 4.98 Å². The van der Waals surface area contributed by atoms with Gasteiger partial charge in [-0.2, -0.15) is 4.98 Å². The van der Waals surface area contributed by atoms with Gasteiger partial charge in [-0.3, -0.25) is 0 Å². The number of benzene rings is 2. The molecule has 35 heavy (non-hydrogen) atoms. The van der Waals surface area contributed by atoms with Crippen molar-refractivity contribution in [2.45, 2.75) is 19.4 Å². The lowest BCUT2D eigenvalue weighted by atomic mass is 9.97. The summed E-state index contributed by atoms with van der Waals surface area (Å²) in [6.45, 7) is 3.02. The van der Waals surface area contributed by atoms with E-state index in [9.17, 15) is 5.11 Å². The van der Waals surface area contributed by atoms with Crippen LogP contribution in [-0.4, -0.2) is 52.6 Å². The van der Waals surface area contributed by atoms with Gasteiger partial charge in [0.1, 0.15) is 5.65 Å². The summed E-state index contributed by atoms with van der Waals surface area (Å²) in [4.78, 5) is 11.8. The van der Waals surface area contributed by atoms with E-state index < -0.39 is 0 Å².